The van der Waals surface area contributed by atoms with Crippen LogP contribution in [0.5, 0.6) is 0 Å². The predicted molar refractivity (Wildman–Crippen MR) is 36.1 cm³/mol. The van der Waals surface area contributed by atoms with E-state index in [0.717, 1.165) is 0 Å². The van der Waals surface area contributed by atoms with Crippen LogP contribution in [0.3, 0.4) is 0 Å². The zero-order valence-electron chi connectivity index (χ0n) is 5.98. The van der Waals surface area contributed by atoms with Crippen LogP contribution in [0, 0.1) is 10.8 Å². The Bertz CT molecular complexity index is 106. The first-order valence-corrected chi connectivity index (χ1v) is 3.85. The first-order valence-electron chi connectivity index (χ1n) is 3.85. The Morgan fingerprint density at radius 2 is 1.78 bits per heavy atom. The maximum atomic E-state index is 8.89. The SMILES string of the molecule is CCC12CC(CO)(C1)C2. The van der Waals surface area contributed by atoms with Crippen LogP contribution in [0.2, 0.25) is 0 Å². The number of rotatable bonds is 2. The summed E-state index contributed by atoms with van der Waals surface area (Å²) in [5.74, 6) is 0. The molecule has 3 aliphatic rings. The zero-order chi connectivity index (χ0) is 6.54. The maximum absolute atomic E-state index is 8.89. The van der Waals surface area contributed by atoms with Crippen molar-refractivity contribution in [3.05, 3.63) is 0 Å². The van der Waals surface area contributed by atoms with Gasteiger partial charge in [-0.05, 0) is 30.1 Å². The van der Waals surface area contributed by atoms with Gasteiger partial charge in [0.2, 0.25) is 0 Å². The summed E-state index contributed by atoms with van der Waals surface area (Å²) < 4.78 is 0. The van der Waals surface area contributed by atoms with Gasteiger partial charge in [0, 0.05) is 6.61 Å². The van der Waals surface area contributed by atoms with Gasteiger partial charge in [0.15, 0.2) is 0 Å². The Balaban J connectivity index is 1.96. The van der Waals surface area contributed by atoms with Crippen molar-refractivity contribution in [1.29, 1.82) is 0 Å². The Kier molecular flexibility index (Phi) is 0.852. The number of aliphatic hydroxyl groups excluding tert-OH is 1. The van der Waals surface area contributed by atoms with Crippen molar-refractivity contribution < 1.29 is 5.11 Å². The van der Waals surface area contributed by atoms with Crippen LogP contribution in [0.15, 0.2) is 0 Å². The lowest BCUT2D eigenvalue weighted by Crippen LogP contribution is -2.62. The third-order valence-corrected chi connectivity index (χ3v) is 3.34. The van der Waals surface area contributed by atoms with Gasteiger partial charge in [0.25, 0.3) is 0 Å². The summed E-state index contributed by atoms with van der Waals surface area (Å²) in [4.78, 5) is 0. The van der Waals surface area contributed by atoms with Gasteiger partial charge >= 0.3 is 0 Å². The fraction of sp³-hybridized carbons (Fsp3) is 1.00. The summed E-state index contributed by atoms with van der Waals surface area (Å²) >= 11 is 0. The van der Waals surface area contributed by atoms with E-state index in [1.165, 1.54) is 25.7 Å². The molecule has 1 N–H and O–H groups in total. The Morgan fingerprint density at radius 3 is 2.11 bits per heavy atom. The lowest BCUT2D eigenvalue weighted by atomic mass is 9.35. The molecule has 3 saturated carbocycles. The van der Waals surface area contributed by atoms with Gasteiger partial charge in [0.1, 0.15) is 0 Å². The van der Waals surface area contributed by atoms with Gasteiger partial charge in [-0.1, -0.05) is 13.3 Å². The minimum atomic E-state index is 0.427. The summed E-state index contributed by atoms with van der Waals surface area (Å²) in [6.07, 6.45) is 5.27. The molecule has 0 radical (unpaired) electrons. The topological polar surface area (TPSA) is 20.2 Å². The maximum Gasteiger partial charge on any atom is 0.0488 e. The normalized spacial score (nSPS) is 54.0. The van der Waals surface area contributed by atoms with Crippen LogP contribution < -0.4 is 0 Å². The van der Waals surface area contributed by atoms with Gasteiger partial charge in [-0.2, -0.15) is 0 Å². The number of hydrogen-bond donors (Lipinski definition) is 1. The molecular weight excluding hydrogens is 112 g/mol. The van der Waals surface area contributed by atoms with Gasteiger partial charge in [-0.25, -0.2) is 0 Å². The standard InChI is InChI=1S/C8H14O/c1-2-7-3-8(4-7,5-7)6-9/h9H,2-6H2,1H3. The molecule has 1 heteroatoms. The molecule has 0 aromatic heterocycles. The third kappa shape index (κ3) is 0.493. The van der Waals surface area contributed by atoms with E-state index in [1.54, 1.807) is 0 Å². The molecule has 0 amide bonds. The van der Waals surface area contributed by atoms with Crippen LogP contribution in [0.1, 0.15) is 32.6 Å². The molecule has 2 bridgehead atoms. The van der Waals surface area contributed by atoms with Crippen LogP contribution in [0.25, 0.3) is 0 Å². The summed E-state index contributed by atoms with van der Waals surface area (Å²) in [6, 6.07) is 0. The first-order chi connectivity index (χ1) is 4.24. The second kappa shape index (κ2) is 1.34. The highest BCUT2D eigenvalue weighted by atomic mass is 16.3. The predicted octanol–water partition coefficient (Wildman–Crippen LogP) is 1.56. The molecule has 0 aromatic carbocycles. The van der Waals surface area contributed by atoms with Gasteiger partial charge < -0.3 is 5.11 Å². The quantitative estimate of drug-likeness (QED) is 0.595. The molecule has 1 nitrogen and oxygen atoms in total. The van der Waals surface area contributed by atoms with Gasteiger partial charge in [0.05, 0.1) is 0 Å². The summed E-state index contributed by atoms with van der Waals surface area (Å²) in [7, 11) is 0. The lowest BCUT2D eigenvalue weighted by molar-refractivity contribution is -0.224. The zero-order valence-corrected chi connectivity index (χ0v) is 5.98. The van der Waals surface area contributed by atoms with E-state index in [0.29, 0.717) is 17.4 Å². The lowest BCUT2D eigenvalue weighted by Gasteiger charge is -2.70. The number of aliphatic hydroxyl groups is 1. The average Bonchev–Trinajstić information content (AvgIpc) is 1.62. The summed E-state index contributed by atoms with van der Waals surface area (Å²) in [5, 5.41) is 8.89. The molecule has 0 spiro atoms. The minimum absolute atomic E-state index is 0.427. The molecule has 9 heavy (non-hydrogen) atoms. The van der Waals surface area contributed by atoms with Gasteiger partial charge in [-0.15, -0.1) is 0 Å². The smallest absolute Gasteiger partial charge is 0.0488 e. The van der Waals surface area contributed by atoms with Gasteiger partial charge in [-0.3, -0.25) is 0 Å². The summed E-state index contributed by atoms with van der Waals surface area (Å²) in [5.41, 5.74) is 1.14. The van der Waals surface area contributed by atoms with Crippen LogP contribution >= 0.6 is 0 Å². The van der Waals surface area contributed by atoms with Crippen LogP contribution in [-0.4, -0.2) is 11.7 Å². The Labute approximate surface area is 56.1 Å². The molecule has 3 rings (SSSR count). The van der Waals surface area contributed by atoms with Crippen molar-refractivity contribution in [2.45, 2.75) is 32.6 Å². The highest BCUT2D eigenvalue weighted by Gasteiger charge is 2.65. The van der Waals surface area contributed by atoms with E-state index in [4.69, 9.17) is 5.11 Å². The van der Waals surface area contributed by atoms with Crippen molar-refractivity contribution in [3.63, 3.8) is 0 Å². The third-order valence-electron chi connectivity index (χ3n) is 3.34. The second-order valence-electron chi connectivity index (χ2n) is 4.04. The van der Waals surface area contributed by atoms with E-state index < -0.39 is 0 Å². The summed E-state index contributed by atoms with van der Waals surface area (Å²) in [6.45, 7) is 2.70. The Morgan fingerprint density at radius 1 is 1.22 bits per heavy atom. The molecular formula is C8H14O. The van der Waals surface area contributed by atoms with Crippen LogP contribution in [-0.2, 0) is 0 Å². The average molecular weight is 126 g/mol. The van der Waals surface area contributed by atoms with Crippen molar-refractivity contribution in [2.24, 2.45) is 10.8 Å². The fourth-order valence-electron chi connectivity index (χ4n) is 2.77. The Hall–Kier alpha value is -0.0400. The molecule has 0 atom stereocenters. The number of hydrogen-bond acceptors (Lipinski definition) is 1. The largest absolute Gasteiger partial charge is 0.396 e. The van der Waals surface area contributed by atoms with Crippen molar-refractivity contribution in [3.8, 4) is 0 Å². The van der Waals surface area contributed by atoms with Crippen molar-refractivity contribution in [1.82, 2.24) is 0 Å². The van der Waals surface area contributed by atoms with E-state index in [1.807, 2.05) is 0 Å². The monoisotopic (exact) mass is 126 g/mol. The first kappa shape index (κ1) is 5.72. The minimum Gasteiger partial charge on any atom is -0.396 e. The highest BCUT2D eigenvalue weighted by molar-refractivity contribution is 5.15. The molecule has 0 unspecified atom stereocenters. The van der Waals surface area contributed by atoms with E-state index in [9.17, 15) is 0 Å². The highest BCUT2D eigenvalue weighted by Crippen LogP contribution is 2.74. The fourth-order valence-corrected chi connectivity index (χ4v) is 2.77. The molecule has 0 saturated heterocycles. The van der Waals surface area contributed by atoms with Crippen molar-refractivity contribution in [2.75, 3.05) is 6.61 Å². The van der Waals surface area contributed by atoms with Crippen LogP contribution in [0.4, 0.5) is 0 Å². The van der Waals surface area contributed by atoms with E-state index >= 15 is 0 Å². The van der Waals surface area contributed by atoms with E-state index in [-0.39, 0.29) is 0 Å². The molecule has 3 fully saturated rings. The molecule has 52 valence electrons. The molecule has 0 aromatic rings. The second-order valence-corrected chi connectivity index (χ2v) is 4.04. The molecule has 3 aliphatic carbocycles. The van der Waals surface area contributed by atoms with E-state index in [2.05, 4.69) is 6.92 Å². The van der Waals surface area contributed by atoms with Crippen molar-refractivity contribution >= 4 is 0 Å². The molecule has 0 heterocycles. The molecule has 0 aliphatic heterocycles.